The highest BCUT2D eigenvalue weighted by Crippen LogP contribution is 2.19. The van der Waals surface area contributed by atoms with E-state index in [0.717, 1.165) is 12.1 Å². The summed E-state index contributed by atoms with van der Waals surface area (Å²) in [6.07, 6.45) is 0. The Morgan fingerprint density at radius 3 is 2.15 bits per heavy atom. The van der Waals surface area contributed by atoms with Gasteiger partial charge in [-0.3, -0.25) is 4.79 Å². The van der Waals surface area contributed by atoms with E-state index in [2.05, 4.69) is 5.32 Å². The van der Waals surface area contributed by atoms with Crippen molar-refractivity contribution in [3.63, 3.8) is 0 Å². The molecule has 0 spiro atoms. The second-order valence-electron chi connectivity index (χ2n) is 2.43. The average molecular weight is 186 g/mol. The Labute approximate surface area is 73.5 Å². The van der Waals surface area contributed by atoms with E-state index >= 15 is 0 Å². The predicted molar refractivity (Wildman–Crippen MR) is 44.4 cm³/mol. The standard InChI is InChI=1S/C8H8F2N2O/c1-12-7-5(9)2-4(8(11)13)3-6(7)10/h2-3,12H,1H3,(H2,11,13). The number of benzene rings is 1. The summed E-state index contributed by atoms with van der Waals surface area (Å²) in [5, 5.41) is 2.33. The number of primary amides is 1. The third kappa shape index (κ3) is 1.74. The quantitative estimate of drug-likeness (QED) is 0.726. The van der Waals surface area contributed by atoms with Crippen molar-refractivity contribution in [2.45, 2.75) is 0 Å². The molecule has 0 saturated carbocycles. The number of carbonyl (C=O) groups excluding carboxylic acids is 1. The first-order valence-corrected chi connectivity index (χ1v) is 3.53. The molecule has 0 unspecified atom stereocenters. The summed E-state index contributed by atoms with van der Waals surface area (Å²) in [6.45, 7) is 0. The number of anilines is 1. The van der Waals surface area contributed by atoms with Gasteiger partial charge in [0.2, 0.25) is 5.91 Å². The number of amides is 1. The van der Waals surface area contributed by atoms with Crippen LogP contribution in [0.2, 0.25) is 0 Å². The van der Waals surface area contributed by atoms with Crippen molar-refractivity contribution in [2.75, 3.05) is 12.4 Å². The Morgan fingerprint density at radius 2 is 1.85 bits per heavy atom. The summed E-state index contributed by atoms with van der Waals surface area (Å²) in [5.74, 6) is -2.53. The molecule has 3 N–H and O–H groups in total. The lowest BCUT2D eigenvalue weighted by molar-refractivity contribution is 0.0999. The van der Waals surface area contributed by atoms with Crippen LogP contribution < -0.4 is 11.1 Å². The molecule has 0 aliphatic carbocycles. The summed E-state index contributed by atoms with van der Waals surface area (Å²) < 4.78 is 25.9. The van der Waals surface area contributed by atoms with Crippen LogP contribution in [-0.4, -0.2) is 13.0 Å². The molecule has 1 aromatic carbocycles. The zero-order valence-electron chi connectivity index (χ0n) is 6.90. The Kier molecular flexibility index (Phi) is 2.46. The van der Waals surface area contributed by atoms with E-state index in [1.54, 1.807) is 0 Å². The van der Waals surface area contributed by atoms with Gasteiger partial charge in [0.25, 0.3) is 0 Å². The van der Waals surface area contributed by atoms with Crippen LogP contribution in [0.25, 0.3) is 0 Å². The molecule has 0 fully saturated rings. The third-order valence-electron chi connectivity index (χ3n) is 1.58. The first-order valence-electron chi connectivity index (χ1n) is 3.53. The zero-order chi connectivity index (χ0) is 10.0. The van der Waals surface area contributed by atoms with E-state index < -0.39 is 17.5 Å². The van der Waals surface area contributed by atoms with Gasteiger partial charge < -0.3 is 11.1 Å². The molecule has 0 aromatic heterocycles. The summed E-state index contributed by atoms with van der Waals surface area (Å²) in [7, 11) is 1.38. The molecular weight excluding hydrogens is 178 g/mol. The van der Waals surface area contributed by atoms with Crippen molar-refractivity contribution in [3.8, 4) is 0 Å². The summed E-state index contributed by atoms with van der Waals surface area (Å²) >= 11 is 0. The molecule has 0 atom stereocenters. The van der Waals surface area contributed by atoms with Crippen molar-refractivity contribution in [3.05, 3.63) is 29.3 Å². The lowest BCUT2D eigenvalue weighted by atomic mass is 10.2. The third-order valence-corrected chi connectivity index (χ3v) is 1.58. The van der Waals surface area contributed by atoms with Gasteiger partial charge in [0.1, 0.15) is 17.3 Å². The maximum Gasteiger partial charge on any atom is 0.248 e. The number of nitrogens with one attached hydrogen (secondary N) is 1. The van der Waals surface area contributed by atoms with Crippen LogP contribution >= 0.6 is 0 Å². The molecule has 1 amide bonds. The monoisotopic (exact) mass is 186 g/mol. The molecule has 0 heterocycles. The van der Waals surface area contributed by atoms with Gasteiger partial charge in [0.05, 0.1) is 0 Å². The van der Waals surface area contributed by atoms with Gasteiger partial charge in [0.15, 0.2) is 0 Å². The number of carbonyl (C=O) groups is 1. The first-order chi connectivity index (χ1) is 6.06. The van der Waals surface area contributed by atoms with Gasteiger partial charge in [-0.15, -0.1) is 0 Å². The SMILES string of the molecule is CNc1c(F)cc(C(N)=O)cc1F. The van der Waals surface area contributed by atoms with E-state index in [1.807, 2.05) is 0 Å². The number of rotatable bonds is 2. The highest BCUT2D eigenvalue weighted by Gasteiger charge is 2.11. The van der Waals surface area contributed by atoms with Gasteiger partial charge in [-0.05, 0) is 12.1 Å². The first kappa shape index (κ1) is 9.44. The fourth-order valence-electron chi connectivity index (χ4n) is 0.954. The average Bonchev–Trinajstić information content (AvgIpc) is 2.03. The van der Waals surface area contributed by atoms with Crippen LogP contribution in [0.15, 0.2) is 12.1 Å². The van der Waals surface area contributed by atoms with E-state index in [1.165, 1.54) is 7.05 Å². The van der Waals surface area contributed by atoms with Crippen LogP contribution in [0.5, 0.6) is 0 Å². The number of halogens is 2. The fourth-order valence-corrected chi connectivity index (χ4v) is 0.954. The van der Waals surface area contributed by atoms with E-state index in [4.69, 9.17) is 5.73 Å². The van der Waals surface area contributed by atoms with Crippen molar-refractivity contribution < 1.29 is 13.6 Å². The lowest BCUT2D eigenvalue weighted by Crippen LogP contribution is -2.12. The second-order valence-corrected chi connectivity index (χ2v) is 2.43. The molecule has 13 heavy (non-hydrogen) atoms. The Morgan fingerprint density at radius 1 is 1.38 bits per heavy atom. The van der Waals surface area contributed by atoms with Crippen LogP contribution in [0.1, 0.15) is 10.4 Å². The summed E-state index contributed by atoms with van der Waals surface area (Å²) in [5.41, 5.74) is 4.39. The topological polar surface area (TPSA) is 55.1 Å². The minimum atomic E-state index is -0.861. The number of hydrogen-bond donors (Lipinski definition) is 2. The van der Waals surface area contributed by atoms with Gasteiger partial charge in [0, 0.05) is 12.6 Å². The van der Waals surface area contributed by atoms with Crippen molar-refractivity contribution in [1.29, 1.82) is 0 Å². The second kappa shape index (κ2) is 3.38. The van der Waals surface area contributed by atoms with Crippen molar-refractivity contribution in [2.24, 2.45) is 5.73 Å². The highest BCUT2D eigenvalue weighted by molar-refractivity contribution is 5.93. The van der Waals surface area contributed by atoms with Gasteiger partial charge in [-0.2, -0.15) is 0 Å². The van der Waals surface area contributed by atoms with Crippen LogP contribution in [0.4, 0.5) is 14.5 Å². The summed E-state index contributed by atoms with van der Waals surface area (Å²) in [4.78, 5) is 10.6. The van der Waals surface area contributed by atoms with Crippen molar-refractivity contribution in [1.82, 2.24) is 0 Å². The van der Waals surface area contributed by atoms with E-state index in [0.29, 0.717) is 0 Å². The van der Waals surface area contributed by atoms with Gasteiger partial charge in [-0.25, -0.2) is 8.78 Å². The smallest absolute Gasteiger partial charge is 0.248 e. The minimum absolute atomic E-state index is 0.186. The molecule has 0 bridgehead atoms. The molecule has 0 saturated heterocycles. The number of nitrogens with two attached hydrogens (primary N) is 1. The van der Waals surface area contributed by atoms with Crippen molar-refractivity contribution >= 4 is 11.6 Å². The molecule has 3 nitrogen and oxygen atoms in total. The fraction of sp³-hybridized carbons (Fsp3) is 0.125. The predicted octanol–water partition coefficient (Wildman–Crippen LogP) is 1.11. The normalized spacial score (nSPS) is 9.77. The maximum atomic E-state index is 13.0. The Bertz CT molecular complexity index is 329. The number of hydrogen-bond acceptors (Lipinski definition) is 2. The van der Waals surface area contributed by atoms with Crippen LogP contribution in [0.3, 0.4) is 0 Å². The zero-order valence-corrected chi connectivity index (χ0v) is 6.90. The molecule has 70 valence electrons. The summed E-state index contributed by atoms with van der Waals surface area (Å²) in [6, 6.07) is 1.77. The molecule has 1 rings (SSSR count). The lowest BCUT2D eigenvalue weighted by Gasteiger charge is -2.04. The highest BCUT2D eigenvalue weighted by atomic mass is 19.1. The Balaban J connectivity index is 3.28. The van der Waals surface area contributed by atoms with Gasteiger partial charge in [-0.1, -0.05) is 0 Å². The molecule has 1 aromatic rings. The van der Waals surface area contributed by atoms with Crippen LogP contribution in [-0.2, 0) is 0 Å². The minimum Gasteiger partial charge on any atom is -0.383 e. The maximum absolute atomic E-state index is 13.0. The molecule has 5 heteroatoms. The molecule has 0 aliphatic rings. The van der Waals surface area contributed by atoms with Gasteiger partial charge >= 0.3 is 0 Å². The molecule has 0 aliphatic heterocycles. The molecular formula is C8H8F2N2O. The van der Waals surface area contributed by atoms with E-state index in [9.17, 15) is 13.6 Å². The van der Waals surface area contributed by atoms with Crippen LogP contribution in [0, 0.1) is 11.6 Å². The molecule has 0 radical (unpaired) electrons. The Hall–Kier alpha value is -1.65. The van der Waals surface area contributed by atoms with E-state index in [-0.39, 0.29) is 11.3 Å². The largest absolute Gasteiger partial charge is 0.383 e.